The van der Waals surface area contributed by atoms with Gasteiger partial charge in [0.2, 0.25) is 0 Å². The maximum atomic E-state index is 6.11. The molecular weight excluding hydrogens is 266 g/mol. The number of hydrogen-bond acceptors (Lipinski definition) is 4. The molecular formula is C17H27NO3. The SMILES string of the molecule is CCCNCc1ccc(OCCC)cc1OC1CCOC1. The average molecular weight is 293 g/mol. The van der Waals surface area contributed by atoms with Crippen molar-refractivity contribution in [1.29, 1.82) is 0 Å². The quantitative estimate of drug-likeness (QED) is 0.710. The van der Waals surface area contributed by atoms with Crippen LogP contribution in [0, 0.1) is 0 Å². The largest absolute Gasteiger partial charge is 0.493 e. The van der Waals surface area contributed by atoms with Gasteiger partial charge in [-0.1, -0.05) is 19.9 Å². The van der Waals surface area contributed by atoms with Crippen LogP contribution in [0.25, 0.3) is 0 Å². The van der Waals surface area contributed by atoms with Crippen molar-refractivity contribution in [2.75, 3.05) is 26.4 Å². The second-order valence-corrected chi connectivity index (χ2v) is 5.40. The molecule has 118 valence electrons. The smallest absolute Gasteiger partial charge is 0.128 e. The molecule has 1 atom stereocenters. The van der Waals surface area contributed by atoms with Gasteiger partial charge in [-0.3, -0.25) is 0 Å². The van der Waals surface area contributed by atoms with Crippen molar-refractivity contribution in [3.63, 3.8) is 0 Å². The molecule has 4 nitrogen and oxygen atoms in total. The molecule has 0 bridgehead atoms. The van der Waals surface area contributed by atoms with Gasteiger partial charge >= 0.3 is 0 Å². The molecule has 0 spiro atoms. The van der Waals surface area contributed by atoms with E-state index in [1.807, 2.05) is 12.1 Å². The highest BCUT2D eigenvalue weighted by Crippen LogP contribution is 2.27. The summed E-state index contributed by atoms with van der Waals surface area (Å²) < 4.78 is 17.2. The fourth-order valence-electron chi connectivity index (χ4n) is 2.29. The molecule has 1 saturated heterocycles. The van der Waals surface area contributed by atoms with E-state index in [2.05, 4.69) is 25.2 Å². The van der Waals surface area contributed by atoms with Gasteiger partial charge in [0.15, 0.2) is 0 Å². The van der Waals surface area contributed by atoms with Gasteiger partial charge in [0.05, 0.1) is 19.8 Å². The predicted octanol–water partition coefficient (Wildman–Crippen LogP) is 3.14. The Kier molecular flexibility index (Phi) is 6.83. The summed E-state index contributed by atoms with van der Waals surface area (Å²) in [5, 5.41) is 3.43. The molecule has 1 aromatic rings. The molecule has 1 N–H and O–H groups in total. The third kappa shape index (κ3) is 5.21. The molecule has 1 aliphatic rings. The Balaban J connectivity index is 2.05. The molecule has 0 aliphatic carbocycles. The second kappa shape index (κ2) is 8.90. The zero-order chi connectivity index (χ0) is 14.9. The van der Waals surface area contributed by atoms with E-state index in [4.69, 9.17) is 14.2 Å². The Morgan fingerprint density at radius 2 is 2.19 bits per heavy atom. The third-order valence-electron chi connectivity index (χ3n) is 3.44. The second-order valence-electron chi connectivity index (χ2n) is 5.40. The van der Waals surface area contributed by atoms with Crippen LogP contribution in [0.15, 0.2) is 18.2 Å². The molecule has 2 rings (SSSR count). The minimum absolute atomic E-state index is 0.163. The minimum Gasteiger partial charge on any atom is -0.493 e. The fourth-order valence-corrected chi connectivity index (χ4v) is 2.29. The summed E-state index contributed by atoms with van der Waals surface area (Å²) in [7, 11) is 0. The highest BCUT2D eigenvalue weighted by Gasteiger charge is 2.19. The van der Waals surface area contributed by atoms with Crippen LogP contribution < -0.4 is 14.8 Å². The van der Waals surface area contributed by atoms with E-state index in [0.717, 1.165) is 57.1 Å². The lowest BCUT2D eigenvalue weighted by atomic mass is 10.1. The van der Waals surface area contributed by atoms with Crippen LogP contribution in [0.5, 0.6) is 11.5 Å². The van der Waals surface area contributed by atoms with Crippen molar-refractivity contribution in [3.8, 4) is 11.5 Å². The van der Waals surface area contributed by atoms with E-state index < -0.39 is 0 Å². The summed E-state index contributed by atoms with van der Waals surface area (Å²) in [6.45, 7) is 8.32. The third-order valence-corrected chi connectivity index (χ3v) is 3.44. The van der Waals surface area contributed by atoms with Gasteiger partial charge in [0, 0.05) is 24.6 Å². The van der Waals surface area contributed by atoms with Crippen LogP contribution in [0.1, 0.15) is 38.7 Å². The van der Waals surface area contributed by atoms with Crippen molar-refractivity contribution in [1.82, 2.24) is 5.32 Å². The van der Waals surface area contributed by atoms with Crippen LogP contribution in [-0.4, -0.2) is 32.5 Å². The Bertz CT molecular complexity index is 416. The van der Waals surface area contributed by atoms with Crippen LogP contribution in [0.4, 0.5) is 0 Å². The maximum absolute atomic E-state index is 6.11. The standard InChI is InChI=1S/C17H27NO3/c1-3-8-18-12-14-5-6-15(20-9-4-2)11-17(14)21-16-7-10-19-13-16/h5-6,11,16,18H,3-4,7-10,12-13H2,1-2H3. The van der Waals surface area contributed by atoms with Crippen molar-refractivity contribution in [2.24, 2.45) is 0 Å². The van der Waals surface area contributed by atoms with Gasteiger partial charge in [0.1, 0.15) is 17.6 Å². The lowest BCUT2D eigenvalue weighted by molar-refractivity contribution is 0.140. The lowest BCUT2D eigenvalue weighted by Crippen LogP contribution is -2.19. The van der Waals surface area contributed by atoms with Crippen molar-refractivity contribution in [2.45, 2.75) is 45.8 Å². The first-order chi connectivity index (χ1) is 10.3. The van der Waals surface area contributed by atoms with E-state index in [1.165, 1.54) is 5.56 Å². The fraction of sp³-hybridized carbons (Fsp3) is 0.647. The first kappa shape index (κ1) is 16.1. The number of benzene rings is 1. The number of nitrogens with one attached hydrogen (secondary N) is 1. The first-order valence-corrected chi connectivity index (χ1v) is 8.04. The van der Waals surface area contributed by atoms with E-state index >= 15 is 0 Å². The zero-order valence-corrected chi connectivity index (χ0v) is 13.2. The normalized spacial score (nSPS) is 17.9. The van der Waals surface area contributed by atoms with E-state index in [-0.39, 0.29) is 6.10 Å². The minimum atomic E-state index is 0.163. The molecule has 1 heterocycles. The Hall–Kier alpha value is -1.26. The molecule has 1 unspecified atom stereocenters. The zero-order valence-electron chi connectivity index (χ0n) is 13.2. The number of ether oxygens (including phenoxy) is 3. The summed E-state index contributed by atoms with van der Waals surface area (Å²) in [4.78, 5) is 0. The average Bonchev–Trinajstić information content (AvgIpc) is 3.00. The number of rotatable bonds is 9. The van der Waals surface area contributed by atoms with E-state index in [1.54, 1.807) is 0 Å². The van der Waals surface area contributed by atoms with Gasteiger partial charge in [-0.2, -0.15) is 0 Å². The molecule has 1 aromatic carbocycles. The summed E-state index contributed by atoms with van der Waals surface area (Å²) in [6, 6.07) is 6.13. The summed E-state index contributed by atoms with van der Waals surface area (Å²) >= 11 is 0. The van der Waals surface area contributed by atoms with Crippen LogP contribution in [0.2, 0.25) is 0 Å². The topological polar surface area (TPSA) is 39.7 Å². The molecule has 0 aromatic heterocycles. The van der Waals surface area contributed by atoms with Crippen LogP contribution in [0.3, 0.4) is 0 Å². The van der Waals surface area contributed by atoms with Gasteiger partial charge < -0.3 is 19.5 Å². The van der Waals surface area contributed by atoms with E-state index in [9.17, 15) is 0 Å². The van der Waals surface area contributed by atoms with Gasteiger partial charge in [-0.15, -0.1) is 0 Å². The highest BCUT2D eigenvalue weighted by molar-refractivity contribution is 5.41. The monoisotopic (exact) mass is 293 g/mol. The maximum Gasteiger partial charge on any atom is 0.128 e. The summed E-state index contributed by atoms with van der Waals surface area (Å²) in [5.41, 5.74) is 1.18. The Morgan fingerprint density at radius 1 is 1.29 bits per heavy atom. The molecule has 21 heavy (non-hydrogen) atoms. The predicted molar refractivity (Wildman–Crippen MR) is 84.1 cm³/mol. The highest BCUT2D eigenvalue weighted by atomic mass is 16.5. The summed E-state index contributed by atoms with van der Waals surface area (Å²) in [5.74, 6) is 1.80. The molecule has 0 amide bonds. The van der Waals surface area contributed by atoms with Crippen molar-refractivity contribution < 1.29 is 14.2 Å². The molecule has 1 aliphatic heterocycles. The number of hydrogen-bond donors (Lipinski definition) is 1. The van der Waals surface area contributed by atoms with Crippen molar-refractivity contribution >= 4 is 0 Å². The molecule has 0 saturated carbocycles. The van der Waals surface area contributed by atoms with Gasteiger partial charge in [-0.05, 0) is 25.5 Å². The molecule has 1 fully saturated rings. The molecule has 4 heteroatoms. The summed E-state index contributed by atoms with van der Waals surface area (Å²) in [6.07, 6.45) is 3.26. The first-order valence-electron chi connectivity index (χ1n) is 8.04. The van der Waals surface area contributed by atoms with Gasteiger partial charge in [0.25, 0.3) is 0 Å². The van der Waals surface area contributed by atoms with Crippen LogP contribution >= 0.6 is 0 Å². The Morgan fingerprint density at radius 3 is 2.90 bits per heavy atom. The van der Waals surface area contributed by atoms with Crippen LogP contribution in [-0.2, 0) is 11.3 Å². The van der Waals surface area contributed by atoms with Crippen molar-refractivity contribution in [3.05, 3.63) is 23.8 Å². The molecule has 0 radical (unpaired) electrons. The van der Waals surface area contributed by atoms with Gasteiger partial charge in [-0.25, -0.2) is 0 Å². The van der Waals surface area contributed by atoms with E-state index in [0.29, 0.717) is 6.61 Å². The lowest BCUT2D eigenvalue weighted by Gasteiger charge is -2.17. The Labute approximate surface area is 127 Å².